The van der Waals surface area contributed by atoms with Crippen LogP contribution in [0.15, 0.2) is 6.33 Å². The minimum Gasteiger partial charge on any atom is -0.383 e. The third-order valence-corrected chi connectivity index (χ3v) is 4.60. The van der Waals surface area contributed by atoms with Gasteiger partial charge in [0, 0.05) is 12.2 Å². The molecule has 102 valence electrons. The maximum atomic E-state index is 6.01. The molecule has 1 aliphatic carbocycles. The number of rotatable bonds is 2. The summed E-state index contributed by atoms with van der Waals surface area (Å²) in [6, 6.07) is 0. The molecule has 0 radical (unpaired) electrons. The van der Waals surface area contributed by atoms with E-state index in [1.54, 1.807) is 6.33 Å². The van der Waals surface area contributed by atoms with Crippen LogP contribution in [0.3, 0.4) is 0 Å². The summed E-state index contributed by atoms with van der Waals surface area (Å²) in [6.07, 6.45) is 8.42. The van der Waals surface area contributed by atoms with Crippen LogP contribution in [0.1, 0.15) is 43.4 Å². The number of hydrogen-bond acceptors (Lipinski definition) is 3. The summed E-state index contributed by atoms with van der Waals surface area (Å²) >= 11 is 0. The highest BCUT2D eigenvalue weighted by Gasteiger charge is 2.19. The fraction of sp³-hybridized carbons (Fsp3) is 0.600. The van der Waals surface area contributed by atoms with Gasteiger partial charge in [-0.1, -0.05) is 19.3 Å². The van der Waals surface area contributed by atoms with Gasteiger partial charge < -0.3 is 10.3 Å². The van der Waals surface area contributed by atoms with Gasteiger partial charge in [0.2, 0.25) is 0 Å². The molecule has 3 rings (SSSR count). The molecule has 1 fully saturated rings. The molecule has 0 atom stereocenters. The summed E-state index contributed by atoms with van der Waals surface area (Å²) in [7, 11) is 0. The van der Waals surface area contributed by atoms with Gasteiger partial charge in [0.1, 0.15) is 17.8 Å². The topological polar surface area (TPSA) is 56.7 Å². The lowest BCUT2D eigenvalue weighted by Gasteiger charge is -2.23. The molecule has 1 saturated carbocycles. The average Bonchev–Trinajstić information content (AvgIpc) is 2.66. The summed E-state index contributed by atoms with van der Waals surface area (Å²) in [5, 5.41) is 1.04. The van der Waals surface area contributed by atoms with Crippen LogP contribution in [0, 0.1) is 19.8 Å². The van der Waals surface area contributed by atoms with Gasteiger partial charge in [0.25, 0.3) is 0 Å². The van der Waals surface area contributed by atoms with Crippen molar-refractivity contribution in [2.45, 2.75) is 52.5 Å². The van der Waals surface area contributed by atoms with Crippen molar-refractivity contribution in [3.05, 3.63) is 17.6 Å². The van der Waals surface area contributed by atoms with Gasteiger partial charge in [-0.25, -0.2) is 9.97 Å². The molecule has 2 aromatic heterocycles. The molecule has 4 nitrogen and oxygen atoms in total. The lowest BCUT2D eigenvalue weighted by Crippen LogP contribution is -2.15. The van der Waals surface area contributed by atoms with Crippen LogP contribution >= 0.6 is 0 Å². The minimum atomic E-state index is 0.605. The lowest BCUT2D eigenvalue weighted by molar-refractivity contribution is 0.320. The Morgan fingerprint density at radius 1 is 1.21 bits per heavy atom. The van der Waals surface area contributed by atoms with E-state index in [1.807, 2.05) is 0 Å². The summed E-state index contributed by atoms with van der Waals surface area (Å²) < 4.78 is 2.35. The van der Waals surface area contributed by atoms with Crippen molar-refractivity contribution < 1.29 is 0 Å². The standard InChI is InChI=1S/C15H22N4/c1-10-11(2)19(8-12-6-4-3-5-7-12)15-13(10)14(16)17-9-18-15/h9,12H,3-8H2,1-2H3,(H2,16,17,18). The monoisotopic (exact) mass is 258 g/mol. The van der Waals surface area contributed by atoms with Crippen molar-refractivity contribution in [3.8, 4) is 0 Å². The Labute approximate surface area is 114 Å². The number of anilines is 1. The predicted molar refractivity (Wildman–Crippen MR) is 78.0 cm³/mol. The van der Waals surface area contributed by atoms with Crippen LogP contribution in [-0.2, 0) is 6.54 Å². The summed E-state index contributed by atoms with van der Waals surface area (Å²) in [4.78, 5) is 8.58. The number of hydrogen-bond donors (Lipinski definition) is 1. The normalized spacial score (nSPS) is 17.2. The molecule has 0 bridgehead atoms. The lowest BCUT2D eigenvalue weighted by atomic mass is 9.89. The van der Waals surface area contributed by atoms with Crippen LogP contribution in [0.5, 0.6) is 0 Å². The van der Waals surface area contributed by atoms with Crippen LogP contribution in [0.4, 0.5) is 5.82 Å². The molecule has 4 heteroatoms. The second-order valence-corrected chi connectivity index (χ2v) is 5.78. The van der Waals surface area contributed by atoms with Crippen LogP contribution in [0.25, 0.3) is 11.0 Å². The largest absolute Gasteiger partial charge is 0.383 e. The summed E-state index contributed by atoms with van der Waals surface area (Å²) in [5.74, 6) is 1.40. The Hall–Kier alpha value is -1.58. The fourth-order valence-corrected chi connectivity index (χ4v) is 3.35. The first kappa shape index (κ1) is 12.5. The first-order valence-corrected chi connectivity index (χ1v) is 7.24. The molecule has 2 heterocycles. The number of aromatic nitrogens is 3. The maximum Gasteiger partial charge on any atom is 0.145 e. The Morgan fingerprint density at radius 2 is 1.95 bits per heavy atom. The van der Waals surface area contributed by atoms with E-state index in [-0.39, 0.29) is 0 Å². The Kier molecular flexibility index (Phi) is 3.17. The molecule has 0 amide bonds. The van der Waals surface area contributed by atoms with Gasteiger partial charge in [-0.15, -0.1) is 0 Å². The Bertz CT molecular complexity index is 594. The summed E-state index contributed by atoms with van der Waals surface area (Å²) in [6.45, 7) is 5.36. The van der Waals surface area contributed by atoms with Crippen molar-refractivity contribution in [2.75, 3.05) is 5.73 Å². The van der Waals surface area contributed by atoms with Gasteiger partial charge in [-0.3, -0.25) is 0 Å². The van der Waals surface area contributed by atoms with Crippen molar-refractivity contribution in [3.63, 3.8) is 0 Å². The highest BCUT2D eigenvalue weighted by Crippen LogP contribution is 2.31. The van der Waals surface area contributed by atoms with Crippen LogP contribution in [0.2, 0.25) is 0 Å². The molecular formula is C15H22N4. The van der Waals surface area contributed by atoms with E-state index >= 15 is 0 Å². The quantitative estimate of drug-likeness (QED) is 0.899. The molecule has 1 aliphatic rings. The zero-order valence-corrected chi connectivity index (χ0v) is 11.8. The van der Waals surface area contributed by atoms with E-state index in [9.17, 15) is 0 Å². The molecular weight excluding hydrogens is 236 g/mol. The van der Waals surface area contributed by atoms with Crippen LogP contribution < -0.4 is 5.73 Å². The smallest absolute Gasteiger partial charge is 0.145 e. The zero-order chi connectivity index (χ0) is 13.4. The number of fused-ring (bicyclic) bond motifs is 1. The van der Waals surface area contributed by atoms with E-state index in [2.05, 4.69) is 28.4 Å². The van der Waals surface area contributed by atoms with Crippen molar-refractivity contribution in [1.82, 2.24) is 14.5 Å². The minimum absolute atomic E-state index is 0.605. The molecule has 19 heavy (non-hydrogen) atoms. The van der Waals surface area contributed by atoms with Crippen molar-refractivity contribution in [1.29, 1.82) is 0 Å². The third kappa shape index (κ3) is 2.09. The maximum absolute atomic E-state index is 6.01. The molecule has 2 aromatic rings. The van der Waals surface area contributed by atoms with E-state index in [0.29, 0.717) is 5.82 Å². The van der Waals surface area contributed by atoms with Gasteiger partial charge in [0.15, 0.2) is 0 Å². The molecule has 2 N–H and O–H groups in total. The zero-order valence-electron chi connectivity index (χ0n) is 11.8. The molecule has 0 aliphatic heterocycles. The van der Waals surface area contributed by atoms with Crippen molar-refractivity contribution >= 4 is 16.9 Å². The second kappa shape index (κ2) is 4.83. The number of aryl methyl sites for hydroxylation is 1. The Morgan fingerprint density at radius 3 is 2.68 bits per heavy atom. The number of nitrogens with two attached hydrogens (primary N) is 1. The second-order valence-electron chi connectivity index (χ2n) is 5.78. The molecule has 0 aromatic carbocycles. The van der Waals surface area contributed by atoms with Gasteiger partial charge in [-0.05, 0) is 38.2 Å². The Balaban J connectivity index is 2.03. The first-order valence-electron chi connectivity index (χ1n) is 7.24. The van der Waals surface area contributed by atoms with E-state index in [1.165, 1.54) is 43.4 Å². The highest BCUT2D eigenvalue weighted by molar-refractivity contribution is 5.90. The predicted octanol–water partition coefficient (Wildman–Crippen LogP) is 3.21. The average molecular weight is 258 g/mol. The summed E-state index contributed by atoms with van der Waals surface area (Å²) in [5.41, 5.74) is 9.53. The van der Waals surface area contributed by atoms with E-state index in [4.69, 9.17) is 5.73 Å². The van der Waals surface area contributed by atoms with Crippen molar-refractivity contribution in [2.24, 2.45) is 5.92 Å². The van der Waals surface area contributed by atoms with Gasteiger partial charge in [0.05, 0.1) is 5.39 Å². The SMILES string of the molecule is Cc1c(C)n(CC2CCCCC2)c2ncnc(N)c12. The number of nitrogen functional groups attached to an aromatic ring is 1. The highest BCUT2D eigenvalue weighted by atomic mass is 15.1. The number of nitrogens with zero attached hydrogens (tertiary/aromatic N) is 3. The van der Waals surface area contributed by atoms with Gasteiger partial charge in [-0.2, -0.15) is 0 Å². The fourth-order valence-electron chi connectivity index (χ4n) is 3.35. The third-order valence-electron chi connectivity index (χ3n) is 4.60. The molecule has 0 unspecified atom stereocenters. The first-order chi connectivity index (χ1) is 9.18. The van der Waals surface area contributed by atoms with E-state index < -0.39 is 0 Å². The van der Waals surface area contributed by atoms with Crippen LogP contribution in [-0.4, -0.2) is 14.5 Å². The molecule has 0 spiro atoms. The molecule has 0 saturated heterocycles. The van der Waals surface area contributed by atoms with Gasteiger partial charge >= 0.3 is 0 Å². The van der Waals surface area contributed by atoms with E-state index in [0.717, 1.165) is 23.5 Å².